The van der Waals surface area contributed by atoms with Crippen LogP contribution in [0, 0.1) is 0 Å². The molecule has 0 atom stereocenters. The SMILES string of the molecule is Cl.O=C1CN(S(=O)(=O)c2ccc(C(=O)NCC3=CCNCC3)cc2)CCN1. The molecule has 1 aromatic rings. The molecule has 0 unspecified atom stereocenters. The average Bonchev–Trinajstić information content (AvgIpc) is 2.67. The maximum atomic E-state index is 12.6. The molecule has 2 aliphatic rings. The van der Waals surface area contributed by atoms with Crippen molar-refractivity contribution < 1.29 is 18.0 Å². The number of hydrogen-bond donors (Lipinski definition) is 3. The van der Waals surface area contributed by atoms with Gasteiger partial charge in [-0.15, -0.1) is 12.4 Å². The minimum absolute atomic E-state index is 0. The fourth-order valence-electron chi connectivity index (χ4n) is 2.87. The first-order valence-electron chi connectivity index (χ1n) is 8.50. The molecule has 8 nitrogen and oxygen atoms in total. The van der Waals surface area contributed by atoms with Crippen molar-refractivity contribution in [1.82, 2.24) is 20.3 Å². The molecule has 2 aliphatic heterocycles. The van der Waals surface area contributed by atoms with Crippen LogP contribution in [0.5, 0.6) is 0 Å². The van der Waals surface area contributed by atoms with Gasteiger partial charge in [0.15, 0.2) is 0 Å². The molecule has 1 saturated heterocycles. The lowest BCUT2D eigenvalue weighted by atomic mass is 10.1. The predicted octanol–water partition coefficient (Wildman–Crippen LogP) is -0.122. The predicted molar refractivity (Wildman–Crippen MR) is 103 cm³/mol. The van der Waals surface area contributed by atoms with Crippen LogP contribution in [0.4, 0.5) is 0 Å². The highest BCUT2D eigenvalue weighted by atomic mass is 35.5. The van der Waals surface area contributed by atoms with Crippen LogP contribution in [-0.4, -0.2) is 63.8 Å². The van der Waals surface area contributed by atoms with Gasteiger partial charge in [0.05, 0.1) is 11.4 Å². The Kier molecular flexibility index (Phi) is 7.37. The van der Waals surface area contributed by atoms with E-state index in [1.54, 1.807) is 0 Å². The van der Waals surface area contributed by atoms with Crippen LogP contribution in [-0.2, 0) is 14.8 Å². The molecule has 0 aromatic heterocycles. The highest BCUT2D eigenvalue weighted by molar-refractivity contribution is 7.89. The summed E-state index contributed by atoms with van der Waals surface area (Å²) in [5, 5.41) is 8.65. The Labute approximate surface area is 164 Å². The molecular formula is C17H23ClN4O4S. The highest BCUT2D eigenvalue weighted by Gasteiger charge is 2.29. The number of carbonyl (C=O) groups is 2. The van der Waals surface area contributed by atoms with Crippen LogP contribution in [0.15, 0.2) is 40.8 Å². The lowest BCUT2D eigenvalue weighted by molar-refractivity contribution is -0.122. The fraction of sp³-hybridized carbons (Fsp3) is 0.412. The van der Waals surface area contributed by atoms with E-state index in [-0.39, 0.29) is 42.2 Å². The van der Waals surface area contributed by atoms with Gasteiger partial charge in [0.25, 0.3) is 5.91 Å². The van der Waals surface area contributed by atoms with Crippen LogP contribution in [0.2, 0.25) is 0 Å². The number of piperazine rings is 1. The first kappa shape index (κ1) is 21.4. The number of rotatable bonds is 5. The summed E-state index contributed by atoms with van der Waals surface area (Å²) in [7, 11) is -3.74. The number of nitrogens with zero attached hydrogens (tertiary/aromatic N) is 1. The summed E-state index contributed by atoms with van der Waals surface area (Å²) >= 11 is 0. The lowest BCUT2D eigenvalue weighted by Crippen LogP contribution is -2.49. The Morgan fingerprint density at radius 1 is 1.19 bits per heavy atom. The van der Waals surface area contributed by atoms with E-state index in [0.717, 1.165) is 23.8 Å². The zero-order valence-electron chi connectivity index (χ0n) is 14.7. The van der Waals surface area contributed by atoms with Crippen molar-refractivity contribution in [2.75, 3.05) is 39.3 Å². The summed E-state index contributed by atoms with van der Waals surface area (Å²) in [5.41, 5.74) is 1.58. The first-order chi connectivity index (χ1) is 12.5. The monoisotopic (exact) mass is 414 g/mol. The standard InChI is InChI=1S/C17H22N4O4S.ClH/c22-16-12-21(10-9-19-16)26(24,25)15-3-1-14(2-4-15)17(23)20-11-13-5-7-18-8-6-13;/h1-5,18H,6-12H2,(H,19,22)(H,20,23);1H. The van der Waals surface area contributed by atoms with Crippen molar-refractivity contribution in [3.05, 3.63) is 41.5 Å². The van der Waals surface area contributed by atoms with Crippen LogP contribution >= 0.6 is 12.4 Å². The largest absolute Gasteiger partial charge is 0.354 e. The molecule has 3 N–H and O–H groups in total. The number of benzene rings is 1. The lowest BCUT2D eigenvalue weighted by Gasteiger charge is -2.25. The molecule has 1 fully saturated rings. The van der Waals surface area contributed by atoms with E-state index in [2.05, 4.69) is 22.0 Å². The molecule has 27 heavy (non-hydrogen) atoms. The van der Waals surface area contributed by atoms with Crippen molar-refractivity contribution >= 4 is 34.2 Å². The number of carbonyl (C=O) groups excluding carboxylic acids is 2. The van der Waals surface area contributed by atoms with Gasteiger partial charge < -0.3 is 16.0 Å². The molecule has 0 bridgehead atoms. The van der Waals surface area contributed by atoms with E-state index in [9.17, 15) is 18.0 Å². The van der Waals surface area contributed by atoms with E-state index in [4.69, 9.17) is 0 Å². The number of amides is 2. The van der Waals surface area contributed by atoms with Crippen LogP contribution in [0.25, 0.3) is 0 Å². The van der Waals surface area contributed by atoms with Gasteiger partial charge in [0, 0.05) is 31.7 Å². The molecule has 0 spiro atoms. The van der Waals surface area contributed by atoms with Gasteiger partial charge >= 0.3 is 0 Å². The number of nitrogens with one attached hydrogen (secondary N) is 3. The Bertz CT molecular complexity index is 824. The van der Waals surface area contributed by atoms with E-state index >= 15 is 0 Å². The van der Waals surface area contributed by atoms with E-state index in [1.165, 1.54) is 29.8 Å². The minimum Gasteiger partial charge on any atom is -0.354 e. The molecule has 0 saturated carbocycles. The Balaban J connectivity index is 0.00000261. The normalized spacial score (nSPS) is 18.1. The smallest absolute Gasteiger partial charge is 0.251 e. The van der Waals surface area contributed by atoms with E-state index < -0.39 is 10.0 Å². The van der Waals surface area contributed by atoms with Gasteiger partial charge in [-0.1, -0.05) is 11.6 Å². The highest BCUT2D eigenvalue weighted by Crippen LogP contribution is 2.17. The quantitative estimate of drug-likeness (QED) is 0.582. The van der Waals surface area contributed by atoms with Crippen molar-refractivity contribution in [2.45, 2.75) is 11.3 Å². The summed E-state index contributed by atoms with van der Waals surface area (Å²) in [6.45, 7) is 2.55. The number of sulfonamides is 1. The second-order valence-corrected chi connectivity index (χ2v) is 8.15. The minimum atomic E-state index is -3.74. The third kappa shape index (κ3) is 5.29. The summed E-state index contributed by atoms with van der Waals surface area (Å²) < 4.78 is 26.3. The zero-order chi connectivity index (χ0) is 18.6. The molecule has 3 rings (SSSR count). The van der Waals surface area contributed by atoms with Gasteiger partial charge in [-0.2, -0.15) is 4.31 Å². The van der Waals surface area contributed by atoms with Gasteiger partial charge in [-0.3, -0.25) is 9.59 Å². The molecule has 1 aromatic carbocycles. The molecule has 148 valence electrons. The molecule has 2 amide bonds. The van der Waals surface area contributed by atoms with Crippen LogP contribution in [0.3, 0.4) is 0 Å². The summed E-state index contributed by atoms with van der Waals surface area (Å²) in [5.74, 6) is -0.561. The average molecular weight is 415 g/mol. The third-order valence-corrected chi connectivity index (χ3v) is 6.25. The number of hydrogen-bond acceptors (Lipinski definition) is 5. The Hall–Kier alpha value is -1.94. The molecule has 2 heterocycles. The summed E-state index contributed by atoms with van der Waals surface area (Å²) in [6.07, 6.45) is 2.97. The molecule has 10 heteroatoms. The van der Waals surface area contributed by atoms with Crippen molar-refractivity contribution in [1.29, 1.82) is 0 Å². The Morgan fingerprint density at radius 3 is 2.56 bits per heavy atom. The van der Waals surface area contributed by atoms with Crippen LogP contribution < -0.4 is 16.0 Å². The number of halogens is 1. The van der Waals surface area contributed by atoms with E-state index in [1.807, 2.05) is 0 Å². The van der Waals surface area contributed by atoms with Gasteiger partial charge in [0.1, 0.15) is 0 Å². The maximum Gasteiger partial charge on any atom is 0.251 e. The van der Waals surface area contributed by atoms with Crippen molar-refractivity contribution in [3.8, 4) is 0 Å². The zero-order valence-corrected chi connectivity index (χ0v) is 16.4. The van der Waals surface area contributed by atoms with E-state index in [0.29, 0.717) is 18.7 Å². The molecule has 0 radical (unpaired) electrons. The first-order valence-corrected chi connectivity index (χ1v) is 9.94. The van der Waals surface area contributed by atoms with Crippen molar-refractivity contribution in [2.24, 2.45) is 0 Å². The van der Waals surface area contributed by atoms with Gasteiger partial charge in [-0.25, -0.2) is 8.42 Å². The Morgan fingerprint density at radius 2 is 1.93 bits per heavy atom. The summed E-state index contributed by atoms with van der Waals surface area (Å²) in [6, 6.07) is 5.78. The van der Waals surface area contributed by atoms with Crippen LogP contribution in [0.1, 0.15) is 16.8 Å². The molecular weight excluding hydrogens is 392 g/mol. The van der Waals surface area contributed by atoms with Gasteiger partial charge in [0.2, 0.25) is 15.9 Å². The maximum absolute atomic E-state index is 12.6. The fourth-order valence-corrected chi connectivity index (χ4v) is 4.27. The van der Waals surface area contributed by atoms with Crippen molar-refractivity contribution in [3.63, 3.8) is 0 Å². The topological polar surface area (TPSA) is 108 Å². The third-order valence-electron chi connectivity index (χ3n) is 4.39. The summed E-state index contributed by atoms with van der Waals surface area (Å²) in [4.78, 5) is 23.7. The second-order valence-electron chi connectivity index (χ2n) is 6.21. The second kappa shape index (κ2) is 9.32. The van der Waals surface area contributed by atoms with Gasteiger partial charge in [-0.05, 0) is 37.2 Å². The molecule has 0 aliphatic carbocycles.